The first-order valence-corrected chi connectivity index (χ1v) is 18.9. The Bertz CT molecular complexity index is 1580. The maximum atomic E-state index is 4.90. The Morgan fingerprint density at radius 1 is 0.605 bits per heavy atom. The Hall–Kier alpha value is -2.40. The molecule has 2 aromatic rings. The van der Waals surface area contributed by atoms with Crippen LogP contribution in [0.15, 0.2) is 68.5 Å². The van der Waals surface area contributed by atoms with E-state index in [0.29, 0.717) is 0 Å². The van der Waals surface area contributed by atoms with Gasteiger partial charge in [0.15, 0.2) is 0 Å². The third-order valence-corrected chi connectivity index (χ3v) is 12.9. The molecule has 2 atom stereocenters. The smallest absolute Gasteiger partial charge is 0.102 e. The summed E-state index contributed by atoms with van der Waals surface area (Å²) in [5.41, 5.74) is 9.31. The van der Waals surface area contributed by atoms with Crippen LogP contribution < -0.4 is 10.6 Å². The van der Waals surface area contributed by atoms with Crippen LogP contribution in [0.3, 0.4) is 0 Å². The van der Waals surface area contributed by atoms with Gasteiger partial charge >= 0.3 is 0 Å². The highest BCUT2D eigenvalue weighted by atomic mass is 32.2. The van der Waals surface area contributed by atoms with Crippen molar-refractivity contribution in [3.05, 3.63) is 70.8 Å². The SMILES string of the molecule is CC1(C2=NCCS2)C=C(C2=NCCS2)c2cc(Cc3ccc4c(c3)C(C3=NCCS3)=CC(C)(C3=NCCS3)N4)ccc2N1. The molecule has 43 heavy (non-hydrogen) atoms. The van der Waals surface area contributed by atoms with Crippen LogP contribution in [-0.4, -0.2) is 80.4 Å². The summed E-state index contributed by atoms with van der Waals surface area (Å²) in [4.78, 5) is 19.5. The number of hydrogen-bond donors (Lipinski definition) is 2. The molecule has 6 nitrogen and oxygen atoms in total. The van der Waals surface area contributed by atoms with Crippen molar-refractivity contribution in [3.8, 4) is 0 Å². The maximum absolute atomic E-state index is 4.90. The molecular formula is C33H34N6S4. The first-order valence-electron chi connectivity index (χ1n) is 15.0. The van der Waals surface area contributed by atoms with Gasteiger partial charge in [-0.25, -0.2) is 0 Å². The number of aliphatic imine (C=N–C) groups is 4. The minimum atomic E-state index is -0.303. The third-order valence-electron chi connectivity index (χ3n) is 8.50. The lowest BCUT2D eigenvalue weighted by Gasteiger charge is -2.35. The van der Waals surface area contributed by atoms with E-state index in [4.69, 9.17) is 20.0 Å². The Balaban J connectivity index is 1.13. The second kappa shape index (κ2) is 11.2. The summed E-state index contributed by atoms with van der Waals surface area (Å²) in [6.45, 7) is 8.08. The fraction of sp³-hybridized carbons (Fsp3) is 0.394. The zero-order valence-corrected chi connectivity index (χ0v) is 27.7. The lowest BCUT2D eigenvalue weighted by molar-refractivity contribution is 0.851. The van der Waals surface area contributed by atoms with E-state index in [0.717, 1.165) is 77.1 Å². The fourth-order valence-electron chi connectivity index (χ4n) is 6.55. The molecule has 6 aliphatic rings. The van der Waals surface area contributed by atoms with Crippen LogP contribution in [0.1, 0.15) is 36.1 Å². The van der Waals surface area contributed by atoms with Crippen LogP contribution in [0.2, 0.25) is 0 Å². The zero-order chi connectivity index (χ0) is 29.0. The summed E-state index contributed by atoms with van der Waals surface area (Å²) < 4.78 is 0. The maximum Gasteiger partial charge on any atom is 0.102 e. The van der Waals surface area contributed by atoms with Crippen LogP contribution >= 0.6 is 47.0 Å². The topological polar surface area (TPSA) is 73.5 Å². The summed E-state index contributed by atoms with van der Waals surface area (Å²) in [5, 5.41) is 12.3. The molecular weight excluding hydrogens is 609 g/mol. The van der Waals surface area contributed by atoms with E-state index in [1.54, 1.807) is 0 Å². The average molecular weight is 643 g/mol. The summed E-state index contributed by atoms with van der Waals surface area (Å²) >= 11 is 7.48. The van der Waals surface area contributed by atoms with Crippen LogP contribution in [0.25, 0.3) is 11.1 Å². The monoisotopic (exact) mass is 642 g/mol. The number of rotatable bonds is 6. The van der Waals surface area contributed by atoms with Gasteiger partial charge in [-0.05, 0) is 67.8 Å². The van der Waals surface area contributed by atoms with Gasteiger partial charge in [-0.1, -0.05) is 12.1 Å². The molecule has 0 radical (unpaired) electrons. The summed E-state index contributed by atoms with van der Waals surface area (Å²) in [7, 11) is 0. The molecule has 0 bridgehead atoms. The molecule has 0 amide bonds. The molecule has 220 valence electrons. The Morgan fingerprint density at radius 3 is 1.44 bits per heavy atom. The van der Waals surface area contributed by atoms with Crippen LogP contribution in [0.4, 0.5) is 11.4 Å². The molecule has 0 fully saturated rings. The molecule has 2 aromatic carbocycles. The summed E-state index contributed by atoms with van der Waals surface area (Å²) in [6.07, 6.45) is 5.61. The largest absolute Gasteiger partial charge is 0.370 e. The van der Waals surface area contributed by atoms with Gasteiger partial charge in [-0.2, -0.15) is 0 Å². The van der Waals surface area contributed by atoms with Crippen molar-refractivity contribution in [1.29, 1.82) is 0 Å². The molecule has 0 saturated carbocycles. The predicted molar refractivity (Wildman–Crippen MR) is 195 cm³/mol. The van der Waals surface area contributed by atoms with Gasteiger partial charge in [0.05, 0.1) is 20.2 Å². The number of thioether (sulfide) groups is 4. The number of fused-ring (bicyclic) bond motifs is 2. The lowest BCUT2D eigenvalue weighted by atomic mass is 9.87. The molecule has 6 aliphatic heterocycles. The number of hydrogen-bond acceptors (Lipinski definition) is 10. The third kappa shape index (κ3) is 5.22. The van der Waals surface area contributed by atoms with Gasteiger partial charge in [-0.3, -0.25) is 20.0 Å². The zero-order valence-electron chi connectivity index (χ0n) is 24.4. The van der Waals surface area contributed by atoms with E-state index in [1.165, 1.54) is 43.5 Å². The summed E-state index contributed by atoms with van der Waals surface area (Å²) in [5.74, 6) is 4.22. The van der Waals surface area contributed by atoms with E-state index in [-0.39, 0.29) is 11.1 Å². The molecule has 0 saturated heterocycles. The Kier molecular flexibility index (Phi) is 7.32. The van der Waals surface area contributed by atoms with Crippen molar-refractivity contribution in [1.82, 2.24) is 0 Å². The second-order valence-electron chi connectivity index (χ2n) is 11.8. The van der Waals surface area contributed by atoms with Gasteiger partial charge < -0.3 is 10.6 Å². The lowest BCUT2D eigenvalue weighted by Crippen LogP contribution is -2.42. The number of nitrogens with zero attached hydrogens (tertiary/aromatic N) is 4. The molecule has 10 heteroatoms. The predicted octanol–water partition coefficient (Wildman–Crippen LogP) is 6.99. The number of anilines is 2. The van der Waals surface area contributed by atoms with Crippen molar-refractivity contribution in [3.63, 3.8) is 0 Å². The van der Waals surface area contributed by atoms with Gasteiger partial charge in [0, 0.05) is 82.8 Å². The Labute approximate surface area is 270 Å². The van der Waals surface area contributed by atoms with E-state index in [2.05, 4.69) is 73.0 Å². The van der Waals surface area contributed by atoms with Gasteiger partial charge in [0.1, 0.15) is 11.1 Å². The minimum Gasteiger partial charge on any atom is -0.370 e. The highest BCUT2D eigenvalue weighted by Crippen LogP contribution is 2.43. The van der Waals surface area contributed by atoms with E-state index >= 15 is 0 Å². The van der Waals surface area contributed by atoms with E-state index < -0.39 is 0 Å². The second-order valence-corrected chi connectivity index (χ2v) is 16.2. The quantitative estimate of drug-likeness (QED) is 0.354. The standard InChI is InChI=1S/C33H34N6S4/c1-32(30-36-9-13-42-30)18-24(28-34-7-11-40-28)22-16-20(3-5-26(22)38-32)15-21-4-6-27-23(17-21)25(29-35-8-12-41-29)19-33(2,39-27)31-37-10-14-43-31/h3-6,16-19,38-39H,7-15H2,1-2H3. The highest BCUT2D eigenvalue weighted by Gasteiger charge is 2.38. The van der Waals surface area contributed by atoms with Crippen LogP contribution in [0.5, 0.6) is 0 Å². The van der Waals surface area contributed by atoms with Crippen molar-refractivity contribution >= 4 is 89.7 Å². The van der Waals surface area contributed by atoms with E-state index in [9.17, 15) is 0 Å². The van der Waals surface area contributed by atoms with Crippen LogP contribution in [-0.2, 0) is 6.42 Å². The molecule has 6 heterocycles. The van der Waals surface area contributed by atoms with E-state index in [1.807, 2.05) is 47.0 Å². The molecule has 0 spiro atoms. The van der Waals surface area contributed by atoms with Gasteiger partial charge in [-0.15, -0.1) is 47.0 Å². The molecule has 2 N–H and O–H groups in total. The van der Waals surface area contributed by atoms with Crippen molar-refractivity contribution in [2.24, 2.45) is 20.0 Å². The number of nitrogens with one attached hydrogen (secondary N) is 2. The molecule has 0 aliphatic carbocycles. The fourth-order valence-corrected chi connectivity index (χ4v) is 10.2. The van der Waals surface area contributed by atoms with Gasteiger partial charge in [0.2, 0.25) is 0 Å². The molecule has 0 aromatic heterocycles. The van der Waals surface area contributed by atoms with Gasteiger partial charge in [0.25, 0.3) is 0 Å². The molecule has 2 unspecified atom stereocenters. The molecule has 8 rings (SSSR count). The van der Waals surface area contributed by atoms with Crippen LogP contribution in [0, 0.1) is 0 Å². The van der Waals surface area contributed by atoms with Crippen molar-refractivity contribution in [2.45, 2.75) is 31.3 Å². The average Bonchev–Trinajstić information content (AvgIpc) is 3.84. The Morgan fingerprint density at radius 2 is 1.05 bits per heavy atom. The first-order chi connectivity index (χ1) is 21.0. The first kappa shape index (κ1) is 28.1. The summed E-state index contributed by atoms with van der Waals surface area (Å²) in [6, 6.07) is 13.8. The normalized spacial score (nSPS) is 27.7. The van der Waals surface area contributed by atoms with Crippen molar-refractivity contribution < 1.29 is 0 Å². The highest BCUT2D eigenvalue weighted by molar-refractivity contribution is 8.16. The number of benzene rings is 2. The minimum absolute atomic E-state index is 0.303. The van der Waals surface area contributed by atoms with Crippen molar-refractivity contribution in [2.75, 3.05) is 59.8 Å².